The summed E-state index contributed by atoms with van der Waals surface area (Å²) in [5.41, 5.74) is 1.68. The lowest BCUT2D eigenvalue weighted by molar-refractivity contribution is -0.143. The molecule has 0 aliphatic carbocycles. The van der Waals surface area contributed by atoms with E-state index in [4.69, 9.17) is 4.74 Å². The molecule has 1 aromatic carbocycles. The minimum Gasteiger partial charge on any atom is -0.465 e. The van der Waals surface area contributed by atoms with Crippen LogP contribution in [0.4, 0.5) is 4.39 Å². The van der Waals surface area contributed by atoms with Crippen molar-refractivity contribution >= 4 is 5.97 Å². The molecule has 100 valence electrons. The highest BCUT2D eigenvalue weighted by molar-refractivity contribution is 5.69. The zero-order chi connectivity index (χ0) is 13.7. The largest absolute Gasteiger partial charge is 0.465 e. The van der Waals surface area contributed by atoms with Gasteiger partial charge in [-0.1, -0.05) is 12.1 Å². The van der Waals surface area contributed by atoms with Crippen LogP contribution in [0.2, 0.25) is 0 Å². The van der Waals surface area contributed by atoms with Gasteiger partial charge in [-0.3, -0.25) is 4.79 Å². The van der Waals surface area contributed by atoms with Crippen molar-refractivity contribution in [3.63, 3.8) is 0 Å². The number of carbonyl (C=O) groups excluding carboxylic acids is 1. The van der Waals surface area contributed by atoms with E-state index in [1.807, 2.05) is 6.07 Å². The maximum Gasteiger partial charge on any atom is 0.325 e. The normalized spacial score (nSPS) is 10.4. The summed E-state index contributed by atoms with van der Waals surface area (Å²) in [4.78, 5) is 15.5. The summed E-state index contributed by atoms with van der Waals surface area (Å²) < 4.78 is 19.7. The van der Waals surface area contributed by atoms with E-state index < -0.39 is 0 Å². The average molecular weight is 262 g/mol. The monoisotopic (exact) mass is 262 g/mol. The van der Waals surface area contributed by atoms with Crippen LogP contribution >= 0.6 is 0 Å². The molecular weight excluding hydrogens is 247 g/mol. The number of aromatic nitrogens is 2. The summed E-state index contributed by atoms with van der Waals surface area (Å²) in [6.45, 7) is 2.24. The zero-order valence-corrected chi connectivity index (χ0v) is 10.7. The Morgan fingerprint density at radius 2 is 2.32 bits per heavy atom. The predicted octanol–water partition coefficient (Wildman–Crippen LogP) is 2.18. The van der Waals surface area contributed by atoms with E-state index >= 15 is 0 Å². The molecule has 2 aromatic rings. The Kier molecular flexibility index (Phi) is 4.28. The van der Waals surface area contributed by atoms with Gasteiger partial charge in [0, 0.05) is 18.3 Å². The molecule has 5 heteroatoms. The number of benzene rings is 1. The lowest BCUT2D eigenvalue weighted by atomic mass is 10.1. The maximum absolute atomic E-state index is 13.1. The highest BCUT2D eigenvalue weighted by Crippen LogP contribution is 2.11. The minimum atomic E-state index is -0.305. The Labute approximate surface area is 110 Å². The quantitative estimate of drug-likeness (QED) is 0.776. The van der Waals surface area contributed by atoms with Crippen molar-refractivity contribution < 1.29 is 13.9 Å². The molecule has 0 atom stereocenters. The van der Waals surface area contributed by atoms with Gasteiger partial charge in [0.1, 0.15) is 12.4 Å². The molecule has 4 nitrogen and oxygen atoms in total. The van der Waals surface area contributed by atoms with Gasteiger partial charge in [-0.05, 0) is 24.6 Å². The molecular formula is C14H15FN2O2. The van der Waals surface area contributed by atoms with Crippen LogP contribution < -0.4 is 0 Å². The van der Waals surface area contributed by atoms with Gasteiger partial charge in [-0.15, -0.1) is 0 Å². The molecule has 0 unspecified atom stereocenters. The Hall–Kier alpha value is -2.17. The molecule has 0 amide bonds. The van der Waals surface area contributed by atoms with Crippen molar-refractivity contribution in [2.45, 2.75) is 19.9 Å². The van der Waals surface area contributed by atoms with Gasteiger partial charge in [0.2, 0.25) is 0 Å². The number of halogens is 1. The third-order valence-electron chi connectivity index (χ3n) is 2.68. The second-order valence-corrected chi connectivity index (χ2v) is 4.12. The molecule has 2 rings (SSSR count). The Morgan fingerprint density at radius 3 is 3.05 bits per heavy atom. The van der Waals surface area contributed by atoms with Crippen molar-refractivity contribution in [1.29, 1.82) is 0 Å². The minimum absolute atomic E-state index is 0.124. The fourth-order valence-corrected chi connectivity index (χ4v) is 1.84. The number of ether oxygens (including phenoxy) is 1. The van der Waals surface area contributed by atoms with Crippen molar-refractivity contribution in [2.24, 2.45) is 0 Å². The summed E-state index contributed by atoms with van der Waals surface area (Å²) >= 11 is 0. The molecule has 0 saturated carbocycles. The number of hydrogen-bond donors (Lipinski definition) is 0. The molecule has 0 N–H and O–H groups in total. The Morgan fingerprint density at radius 1 is 1.47 bits per heavy atom. The first-order chi connectivity index (χ1) is 9.19. The van der Waals surface area contributed by atoms with Crippen LogP contribution in [0.25, 0.3) is 0 Å². The molecule has 0 aliphatic rings. The van der Waals surface area contributed by atoms with Gasteiger partial charge in [0.05, 0.1) is 12.9 Å². The van der Waals surface area contributed by atoms with E-state index in [9.17, 15) is 9.18 Å². The number of nitrogens with zero attached hydrogens (tertiary/aromatic N) is 2. The van der Waals surface area contributed by atoms with Crippen LogP contribution in [-0.2, 0) is 22.5 Å². The van der Waals surface area contributed by atoms with Gasteiger partial charge < -0.3 is 9.30 Å². The summed E-state index contributed by atoms with van der Waals surface area (Å²) in [5.74, 6) is -0.574. The SMILES string of the molecule is CCOC(=O)Cn1cncc1Cc1cccc(F)c1. The van der Waals surface area contributed by atoms with Crippen molar-refractivity contribution in [3.05, 3.63) is 53.9 Å². The van der Waals surface area contributed by atoms with Gasteiger partial charge in [0.25, 0.3) is 0 Å². The van der Waals surface area contributed by atoms with E-state index in [2.05, 4.69) is 4.98 Å². The molecule has 1 heterocycles. The summed E-state index contributed by atoms with van der Waals surface area (Å²) in [6, 6.07) is 6.38. The molecule has 0 spiro atoms. The third kappa shape index (κ3) is 3.64. The van der Waals surface area contributed by atoms with Crippen molar-refractivity contribution in [1.82, 2.24) is 9.55 Å². The molecule has 0 radical (unpaired) electrons. The molecule has 0 bridgehead atoms. The van der Waals surface area contributed by atoms with Gasteiger partial charge >= 0.3 is 5.97 Å². The molecule has 0 aliphatic heterocycles. The van der Waals surface area contributed by atoms with Crippen LogP contribution in [0.5, 0.6) is 0 Å². The van der Waals surface area contributed by atoms with E-state index in [-0.39, 0.29) is 18.3 Å². The maximum atomic E-state index is 13.1. The Balaban J connectivity index is 2.09. The lowest BCUT2D eigenvalue weighted by Gasteiger charge is -2.07. The number of rotatable bonds is 5. The zero-order valence-electron chi connectivity index (χ0n) is 10.7. The highest BCUT2D eigenvalue weighted by Gasteiger charge is 2.08. The van der Waals surface area contributed by atoms with E-state index in [1.54, 1.807) is 30.1 Å². The second-order valence-electron chi connectivity index (χ2n) is 4.12. The molecule has 0 saturated heterocycles. The standard InChI is InChI=1S/C14H15FN2O2/c1-2-19-14(18)9-17-10-16-8-13(17)7-11-4-3-5-12(15)6-11/h3-6,8,10H,2,7,9H2,1H3. The average Bonchev–Trinajstić information content (AvgIpc) is 2.77. The van der Waals surface area contributed by atoms with Gasteiger partial charge in [0.15, 0.2) is 0 Å². The number of carbonyl (C=O) groups is 1. The summed E-state index contributed by atoms with van der Waals surface area (Å²) in [6.07, 6.45) is 3.77. The fraction of sp³-hybridized carbons (Fsp3) is 0.286. The predicted molar refractivity (Wildman–Crippen MR) is 68.1 cm³/mol. The van der Waals surface area contributed by atoms with Gasteiger partial charge in [-0.25, -0.2) is 9.37 Å². The first-order valence-electron chi connectivity index (χ1n) is 6.08. The van der Waals surface area contributed by atoms with E-state index in [0.717, 1.165) is 11.3 Å². The lowest BCUT2D eigenvalue weighted by Crippen LogP contribution is -2.14. The number of esters is 1. The second kappa shape index (κ2) is 6.13. The number of imidazole rings is 1. The van der Waals surface area contributed by atoms with E-state index in [1.165, 1.54) is 12.1 Å². The summed E-state index contributed by atoms with van der Waals surface area (Å²) in [5, 5.41) is 0. The number of hydrogen-bond acceptors (Lipinski definition) is 3. The summed E-state index contributed by atoms with van der Waals surface area (Å²) in [7, 11) is 0. The highest BCUT2D eigenvalue weighted by atomic mass is 19.1. The van der Waals surface area contributed by atoms with Crippen LogP contribution in [0.3, 0.4) is 0 Å². The molecule has 0 fully saturated rings. The first kappa shape index (κ1) is 13.3. The van der Waals surface area contributed by atoms with Crippen LogP contribution in [0.15, 0.2) is 36.8 Å². The Bertz CT molecular complexity index is 566. The van der Waals surface area contributed by atoms with Crippen LogP contribution in [0.1, 0.15) is 18.2 Å². The topological polar surface area (TPSA) is 44.1 Å². The van der Waals surface area contributed by atoms with E-state index in [0.29, 0.717) is 13.0 Å². The smallest absolute Gasteiger partial charge is 0.325 e. The van der Waals surface area contributed by atoms with Gasteiger partial charge in [-0.2, -0.15) is 0 Å². The molecule has 1 aromatic heterocycles. The third-order valence-corrected chi connectivity index (χ3v) is 2.68. The fourth-order valence-electron chi connectivity index (χ4n) is 1.84. The van der Waals surface area contributed by atoms with Crippen molar-refractivity contribution in [2.75, 3.05) is 6.61 Å². The first-order valence-corrected chi connectivity index (χ1v) is 6.08. The van der Waals surface area contributed by atoms with Crippen LogP contribution in [-0.4, -0.2) is 22.1 Å². The molecule has 19 heavy (non-hydrogen) atoms. The van der Waals surface area contributed by atoms with Crippen LogP contribution in [0, 0.1) is 5.82 Å². The van der Waals surface area contributed by atoms with Crippen molar-refractivity contribution in [3.8, 4) is 0 Å².